The fraction of sp³-hybridized carbons (Fsp3) is 0.400. The number of unbranched alkanes of at least 4 members (excludes halogenated alkanes) is 3. The van der Waals surface area contributed by atoms with Gasteiger partial charge in [0.1, 0.15) is 5.75 Å². The Labute approximate surface area is 196 Å². The van der Waals surface area contributed by atoms with Crippen LogP contribution < -0.4 is 20.7 Å². The van der Waals surface area contributed by atoms with Gasteiger partial charge < -0.3 is 15.4 Å². The van der Waals surface area contributed by atoms with Crippen LogP contribution >= 0.6 is 12.2 Å². The molecule has 2 rings (SSSR count). The molecule has 6 nitrogen and oxygen atoms in total. The molecular weight excluding hydrogens is 422 g/mol. The van der Waals surface area contributed by atoms with E-state index in [-0.39, 0.29) is 22.5 Å². The third-order valence-electron chi connectivity index (χ3n) is 4.50. The molecule has 0 saturated carbocycles. The highest BCUT2D eigenvalue weighted by molar-refractivity contribution is 7.80. The van der Waals surface area contributed by atoms with E-state index in [9.17, 15) is 9.59 Å². The Kier molecular flexibility index (Phi) is 9.65. The first kappa shape index (κ1) is 25.3. The van der Waals surface area contributed by atoms with Crippen LogP contribution in [0.25, 0.3) is 0 Å². The second-order valence-electron chi connectivity index (χ2n) is 8.62. The van der Waals surface area contributed by atoms with Crippen LogP contribution in [0, 0.1) is 0 Å². The highest BCUT2D eigenvalue weighted by Gasteiger charge is 2.15. The highest BCUT2D eigenvalue weighted by Crippen LogP contribution is 2.14. The molecular formula is C25H33N3O3S. The summed E-state index contributed by atoms with van der Waals surface area (Å²) < 4.78 is 5.70. The lowest BCUT2D eigenvalue weighted by Crippen LogP contribution is -2.40. The summed E-state index contributed by atoms with van der Waals surface area (Å²) in [6.07, 6.45) is 4.60. The third kappa shape index (κ3) is 9.06. The van der Waals surface area contributed by atoms with E-state index < -0.39 is 0 Å². The lowest BCUT2D eigenvalue weighted by atomic mass is 10.1. The van der Waals surface area contributed by atoms with Gasteiger partial charge in [0.2, 0.25) is 0 Å². The van der Waals surface area contributed by atoms with Crippen molar-refractivity contribution in [1.82, 2.24) is 10.6 Å². The van der Waals surface area contributed by atoms with Gasteiger partial charge in [-0.05, 0) is 87.9 Å². The molecule has 0 radical (unpaired) electrons. The molecule has 0 aliphatic heterocycles. The number of ether oxygens (including phenoxy) is 1. The summed E-state index contributed by atoms with van der Waals surface area (Å²) in [6, 6.07) is 13.9. The van der Waals surface area contributed by atoms with Gasteiger partial charge in [-0.2, -0.15) is 0 Å². The van der Waals surface area contributed by atoms with Crippen molar-refractivity contribution in [3.63, 3.8) is 0 Å². The monoisotopic (exact) mass is 455 g/mol. The van der Waals surface area contributed by atoms with Crippen molar-refractivity contribution in [3.05, 3.63) is 59.7 Å². The van der Waals surface area contributed by atoms with E-state index in [2.05, 4.69) is 22.9 Å². The molecule has 7 heteroatoms. The summed E-state index contributed by atoms with van der Waals surface area (Å²) in [5.74, 6) is 0.292. The molecule has 0 unspecified atom stereocenters. The van der Waals surface area contributed by atoms with E-state index in [1.807, 2.05) is 20.8 Å². The van der Waals surface area contributed by atoms with Gasteiger partial charge in [-0.3, -0.25) is 14.9 Å². The Morgan fingerprint density at radius 3 is 2.06 bits per heavy atom. The molecule has 0 heterocycles. The minimum Gasteiger partial charge on any atom is -0.494 e. The van der Waals surface area contributed by atoms with Gasteiger partial charge in [-0.25, -0.2) is 0 Å². The van der Waals surface area contributed by atoms with Crippen LogP contribution in [0.1, 0.15) is 74.1 Å². The fourth-order valence-corrected chi connectivity index (χ4v) is 3.09. The van der Waals surface area contributed by atoms with Crippen LogP contribution in [0.5, 0.6) is 5.75 Å². The number of carbonyl (C=O) groups excluding carboxylic acids is 2. The van der Waals surface area contributed by atoms with Crippen molar-refractivity contribution in [1.29, 1.82) is 0 Å². The number of carbonyl (C=O) groups is 2. The molecule has 0 aromatic heterocycles. The Bertz CT molecular complexity index is 904. The van der Waals surface area contributed by atoms with E-state index in [0.717, 1.165) is 18.6 Å². The van der Waals surface area contributed by atoms with Crippen LogP contribution in [-0.2, 0) is 0 Å². The predicted molar refractivity (Wildman–Crippen MR) is 133 cm³/mol. The molecule has 172 valence electrons. The van der Waals surface area contributed by atoms with Crippen molar-refractivity contribution in [2.24, 2.45) is 0 Å². The van der Waals surface area contributed by atoms with Crippen LogP contribution in [0.4, 0.5) is 5.69 Å². The predicted octanol–water partition coefficient (Wildman–Crippen LogP) is 5.30. The van der Waals surface area contributed by atoms with Crippen molar-refractivity contribution in [2.75, 3.05) is 11.9 Å². The molecule has 0 aliphatic rings. The second kappa shape index (κ2) is 12.2. The van der Waals surface area contributed by atoms with Gasteiger partial charge in [0.15, 0.2) is 5.11 Å². The first-order valence-electron chi connectivity index (χ1n) is 11.0. The first-order valence-corrected chi connectivity index (χ1v) is 11.4. The topological polar surface area (TPSA) is 79.5 Å². The SMILES string of the molecule is CCCCCCOc1ccc(C(=O)NC(=S)Nc2ccc(C(=O)NC(C)(C)C)cc2)cc1. The summed E-state index contributed by atoms with van der Waals surface area (Å²) in [5, 5.41) is 8.71. The van der Waals surface area contributed by atoms with Crippen LogP contribution in [0.2, 0.25) is 0 Å². The molecule has 0 fully saturated rings. The average molecular weight is 456 g/mol. The minimum absolute atomic E-state index is 0.145. The number of rotatable bonds is 9. The number of anilines is 1. The maximum absolute atomic E-state index is 12.4. The summed E-state index contributed by atoms with van der Waals surface area (Å²) in [5.41, 5.74) is 1.41. The molecule has 3 N–H and O–H groups in total. The Morgan fingerprint density at radius 1 is 0.875 bits per heavy atom. The number of nitrogens with one attached hydrogen (secondary N) is 3. The van der Waals surface area contributed by atoms with Gasteiger partial charge in [0.05, 0.1) is 6.61 Å². The number of hydrogen-bond acceptors (Lipinski definition) is 4. The molecule has 0 saturated heterocycles. The largest absolute Gasteiger partial charge is 0.494 e. The molecule has 2 aromatic carbocycles. The maximum atomic E-state index is 12.4. The molecule has 32 heavy (non-hydrogen) atoms. The molecule has 2 aromatic rings. The molecule has 0 aliphatic carbocycles. The van der Waals surface area contributed by atoms with E-state index in [4.69, 9.17) is 17.0 Å². The van der Waals surface area contributed by atoms with Gasteiger partial charge >= 0.3 is 0 Å². The third-order valence-corrected chi connectivity index (χ3v) is 4.71. The van der Waals surface area contributed by atoms with E-state index in [1.165, 1.54) is 12.8 Å². The normalized spacial score (nSPS) is 10.9. The Balaban J connectivity index is 1.82. The maximum Gasteiger partial charge on any atom is 0.257 e. The molecule has 0 spiro atoms. The molecule has 0 bridgehead atoms. The quantitative estimate of drug-likeness (QED) is 0.353. The first-order chi connectivity index (χ1) is 15.2. The Morgan fingerprint density at radius 2 is 1.47 bits per heavy atom. The summed E-state index contributed by atoms with van der Waals surface area (Å²) >= 11 is 5.24. The van der Waals surface area contributed by atoms with Crippen LogP contribution in [0.15, 0.2) is 48.5 Å². The standard InChI is InChI=1S/C25H33N3O3S/c1-5-6-7-8-17-31-21-15-11-18(12-16-21)22(29)27-24(32)26-20-13-9-19(10-14-20)23(30)28-25(2,3)4/h9-16H,5-8,17H2,1-4H3,(H,28,30)(H2,26,27,29,32). The lowest BCUT2D eigenvalue weighted by molar-refractivity contribution is 0.0918. The zero-order valence-corrected chi connectivity index (χ0v) is 20.1. The minimum atomic E-state index is -0.307. The summed E-state index contributed by atoms with van der Waals surface area (Å²) in [6.45, 7) is 8.64. The van der Waals surface area contributed by atoms with Crippen molar-refractivity contribution in [3.8, 4) is 5.75 Å². The van der Waals surface area contributed by atoms with Crippen molar-refractivity contribution < 1.29 is 14.3 Å². The number of hydrogen-bond donors (Lipinski definition) is 3. The van der Waals surface area contributed by atoms with Crippen LogP contribution in [-0.4, -0.2) is 29.1 Å². The van der Waals surface area contributed by atoms with E-state index >= 15 is 0 Å². The van der Waals surface area contributed by atoms with Crippen molar-refractivity contribution in [2.45, 2.75) is 58.9 Å². The van der Waals surface area contributed by atoms with Crippen LogP contribution in [0.3, 0.4) is 0 Å². The molecule has 2 amide bonds. The van der Waals surface area contributed by atoms with Crippen molar-refractivity contribution >= 4 is 34.8 Å². The zero-order chi connectivity index (χ0) is 23.6. The summed E-state index contributed by atoms with van der Waals surface area (Å²) in [7, 11) is 0. The summed E-state index contributed by atoms with van der Waals surface area (Å²) in [4.78, 5) is 24.6. The number of benzene rings is 2. The Hall–Kier alpha value is -2.93. The second-order valence-corrected chi connectivity index (χ2v) is 9.03. The van der Waals surface area contributed by atoms with E-state index in [0.29, 0.717) is 23.4 Å². The van der Waals surface area contributed by atoms with Gasteiger partial charge in [-0.1, -0.05) is 26.2 Å². The molecule has 0 atom stereocenters. The van der Waals surface area contributed by atoms with Gasteiger partial charge in [0.25, 0.3) is 11.8 Å². The van der Waals surface area contributed by atoms with E-state index in [1.54, 1.807) is 48.5 Å². The number of amides is 2. The smallest absolute Gasteiger partial charge is 0.257 e. The number of thiocarbonyl (C=S) groups is 1. The average Bonchev–Trinajstić information content (AvgIpc) is 2.73. The zero-order valence-electron chi connectivity index (χ0n) is 19.3. The fourth-order valence-electron chi connectivity index (χ4n) is 2.88. The van der Waals surface area contributed by atoms with Gasteiger partial charge in [0, 0.05) is 22.4 Å². The highest BCUT2D eigenvalue weighted by atomic mass is 32.1. The lowest BCUT2D eigenvalue weighted by Gasteiger charge is -2.20. The van der Waals surface area contributed by atoms with Gasteiger partial charge in [-0.15, -0.1) is 0 Å².